The summed E-state index contributed by atoms with van der Waals surface area (Å²) in [4.78, 5) is 16.7. The van der Waals surface area contributed by atoms with E-state index in [0.717, 1.165) is 31.9 Å². The van der Waals surface area contributed by atoms with Gasteiger partial charge >= 0.3 is 0 Å². The summed E-state index contributed by atoms with van der Waals surface area (Å²) in [5.41, 5.74) is 1.45. The fourth-order valence-corrected chi connectivity index (χ4v) is 3.19. The van der Waals surface area contributed by atoms with Gasteiger partial charge in [0.2, 0.25) is 5.91 Å². The van der Waals surface area contributed by atoms with Gasteiger partial charge in [0.05, 0.1) is 11.1 Å². The number of hydrogen-bond acceptors (Lipinski definition) is 3. The molecule has 1 heterocycles. The van der Waals surface area contributed by atoms with Crippen molar-refractivity contribution in [2.45, 2.75) is 13.0 Å². The van der Waals surface area contributed by atoms with Crippen molar-refractivity contribution in [3.63, 3.8) is 0 Å². The molecule has 1 amide bonds. The molecule has 1 atom stereocenters. The lowest BCUT2D eigenvalue weighted by atomic mass is 10.2. The van der Waals surface area contributed by atoms with E-state index >= 15 is 0 Å². The zero-order chi connectivity index (χ0) is 18.7. The van der Waals surface area contributed by atoms with Crippen LogP contribution in [0, 0.1) is 11.6 Å². The normalized spacial score (nSPS) is 16.4. The lowest BCUT2D eigenvalue weighted by molar-refractivity contribution is -0.120. The maximum absolute atomic E-state index is 13.2. The van der Waals surface area contributed by atoms with E-state index in [4.69, 9.17) is 11.6 Å². The molecule has 4 nitrogen and oxygen atoms in total. The number of halogens is 3. The third-order valence-electron chi connectivity index (χ3n) is 4.62. The SMILES string of the molecule is CC(C(=O)Nc1ccc(F)c(Cl)c1)N1CCN(c2ccc(F)cc2)CC1. The minimum Gasteiger partial charge on any atom is -0.369 e. The highest BCUT2D eigenvalue weighted by molar-refractivity contribution is 6.31. The predicted molar refractivity (Wildman–Crippen MR) is 99.7 cm³/mol. The summed E-state index contributed by atoms with van der Waals surface area (Å²) in [6.07, 6.45) is 0. The van der Waals surface area contributed by atoms with Gasteiger partial charge in [-0.1, -0.05) is 11.6 Å². The molecular formula is C19H20ClF2N3O. The molecule has 0 bridgehead atoms. The number of nitrogens with zero attached hydrogens (tertiary/aromatic N) is 2. The Bertz CT molecular complexity index is 777. The molecule has 1 aliphatic rings. The molecule has 0 aliphatic carbocycles. The number of amides is 1. The number of rotatable bonds is 4. The van der Waals surface area contributed by atoms with E-state index in [-0.39, 0.29) is 22.8 Å². The Labute approximate surface area is 156 Å². The van der Waals surface area contributed by atoms with Crippen molar-refractivity contribution in [3.05, 3.63) is 59.1 Å². The van der Waals surface area contributed by atoms with Crippen LogP contribution >= 0.6 is 11.6 Å². The van der Waals surface area contributed by atoms with Gasteiger partial charge in [-0.3, -0.25) is 9.69 Å². The van der Waals surface area contributed by atoms with Gasteiger partial charge in [0.15, 0.2) is 0 Å². The first-order valence-corrected chi connectivity index (χ1v) is 8.82. The van der Waals surface area contributed by atoms with Crippen LogP contribution in [0.15, 0.2) is 42.5 Å². The molecule has 138 valence electrons. The molecule has 26 heavy (non-hydrogen) atoms. The number of piperazine rings is 1. The van der Waals surface area contributed by atoms with Crippen molar-refractivity contribution >= 4 is 28.9 Å². The van der Waals surface area contributed by atoms with Gasteiger partial charge in [-0.2, -0.15) is 0 Å². The fraction of sp³-hybridized carbons (Fsp3) is 0.316. The largest absolute Gasteiger partial charge is 0.369 e. The summed E-state index contributed by atoms with van der Waals surface area (Å²) in [6.45, 7) is 4.79. The minimum atomic E-state index is -0.519. The zero-order valence-electron chi connectivity index (χ0n) is 14.4. The first-order valence-electron chi connectivity index (χ1n) is 8.44. The Morgan fingerprint density at radius 1 is 1.08 bits per heavy atom. The molecule has 1 aliphatic heterocycles. The molecule has 7 heteroatoms. The van der Waals surface area contributed by atoms with Crippen molar-refractivity contribution < 1.29 is 13.6 Å². The zero-order valence-corrected chi connectivity index (χ0v) is 15.1. The van der Waals surface area contributed by atoms with Crippen LogP contribution in [0.5, 0.6) is 0 Å². The van der Waals surface area contributed by atoms with E-state index in [2.05, 4.69) is 15.1 Å². The molecule has 0 aromatic heterocycles. The molecule has 0 radical (unpaired) electrons. The van der Waals surface area contributed by atoms with Crippen LogP contribution in [0.2, 0.25) is 5.02 Å². The summed E-state index contributed by atoms with van der Waals surface area (Å²) in [5.74, 6) is -0.934. The van der Waals surface area contributed by atoms with Gasteiger partial charge in [-0.25, -0.2) is 8.78 Å². The number of carbonyl (C=O) groups is 1. The average molecular weight is 380 g/mol. The number of anilines is 2. The van der Waals surface area contributed by atoms with E-state index < -0.39 is 5.82 Å². The average Bonchev–Trinajstić information content (AvgIpc) is 2.65. The minimum absolute atomic E-state index is 0.0247. The second-order valence-corrected chi connectivity index (χ2v) is 6.70. The predicted octanol–water partition coefficient (Wildman–Crippen LogP) is 3.77. The molecule has 1 saturated heterocycles. The van der Waals surface area contributed by atoms with Crippen LogP contribution in [-0.2, 0) is 4.79 Å². The van der Waals surface area contributed by atoms with E-state index in [1.807, 2.05) is 6.92 Å². The molecule has 0 saturated carbocycles. The molecule has 2 aromatic rings. The molecule has 0 spiro atoms. The topological polar surface area (TPSA) is 35.6 Å². The molecular weight excluding hydrogens is 360 g/mol. The standard InChI is InChI=1S/C19H20ClF2N3O/c1-13(19(26)23-15-4-7-18(22)17(20)12-15)24-8-10-25(11-9-24)16-5-2-14(21)3-6-16/h2-7,12-13H,8-11H2,1H3,(H,23,26). The summed E-state index contributed by atoms with van der Waals surface area (Å²) in [6, 6.07) is 10.2. The quantitative estimate of drug-likeness (QED) is 0.878. The summed E-state index contributed by atoms with van der Waals surface area (Å²) >= 11 is 5.74. The molecule has 1 unspecified atom stereocenters. The molecule has 1 fully saturated rings. The first-order chi connectivity index (χ1) is 12.4. The van der Waals surface area contributed by atoms with Crippen molar-refractivity contribution in [2.24, 2.45) is 0 Å². The Morgan fingerprint density at radius 2 is 1.73 bits per heavy atom. The monoisotopic (exact) mass is 379 g/mol. The maximum Gasteiger partial charge on any atom is 0.241 e. The van der Waals surface area contributed by atoms with E-state index in [0.29, 0.717) is 5.69 Å². The Kier molecular flexibility index (Phi) is 5.74. The van der Waals surface area contributed by atoms with Gasteiger partial charge < -0.3 is 10.2 Å². The fourth-order valence-electron chi connectivity index (χ4n) is 3.01. The Balaban J connectivity index is 1.55. The van der Waals surface area contributed by atoms with Gasteiger partial charge in [0.1, 0.15) is 11.6 Å². The number of benzene rings is 2. The lowest BCUT2D eigenvalue weighted by Crippen LogP contribution is -2.52. The van der Waals surface area contributed by atoms with E-state index in [1.54, 1.807) is 12.1 Å². The van der Waals surface area contributed by atoms with Gasteiger partial charge in [-0.05, 0) is 49.4 Å². The van der Waals surface area contributed by atoms with Crippen LogP contribution in [0.1, 0.15) is 6.92 Å². The van der Waals surface area contributed by atoms with Crippen LogP contribution in [-0.4, -0.2) is 43.0 Å². The van der Waals surface area contributed by atoms with Crippen molar-refractivity contribution in [1.82, 2.24) is 4.90 Å². The molecule has 1 N–H and O–H groups in total. The maximum atomic E-state index is 13.2. The van der Waals surface area contributed by atoms with Crippen molar-refractivity contribution in [3.8, 4) is 0 Å². The summed E-state index contributed by atoms with van der Waals surface area (Å²) in [7, 11) is 0. The second kappa shape index (κ2) is 8.01. The van der Waals surface area contributed by atoms with Crippen LogP contribution in [0.25, 0.3) is 0 Å². The van der Waals surface area contributed by atoms with Gasteiger partial charge in [-0.15, -0.1) is 0 Å². The van der Waals surface area contributed by atoms with Gasteiger partial charge in [0.25, 0.3) is 0 Å². The van der Waals surface area contributed by atoms with E-state index in [1.165, 1.54) is 30.3 Å². The summed E-state index contributed by atoms with van der Waals surface area (Å²) < 4.78 is 26.2. The first kappa shape index (κ1) is 18.6. The smallest absolute Gasteiger partial charge is 0.241 e. The third-order valence-corrected chi connectivity index (χ3v) is 4.91. The number of nitrogens with one attached hydrogen (secondary N) is 1. The highest BCUT2D eigenvalue weighted by Gasteiger charge is 2.25. The van der Waals surface area contributed by atoms with Crippen LogP contribution in [0.4, 0.5) is 20.2 Å². The third kappa shape index (κ3) is 4.31. The Morgan fingerprint density at radius 3 is 2.35 bits per heavy atom. The van der Waals surface area contributed by atoms with Crippen LogP contribution in [0.3, 0.4) is 0 Å². The second-order valence-electron chi connectivity index (χ2n) is 6.29. The molecule has 3 rings (SSSR count). The van der Waals surface area contributed by atoms with Crippen molar-refractivity contribution in [1.29, 1.82) is 0 Å². The Hall–Kier alpha value is -2.18. The highest BCUT2D eigenvalue weighted by atomic mass is 35.5. The molecule has 2 aromatic carbocycles. The van der Waals surface area contributed by atoms with Gasteiger partial charge in [0, 0.05) is 37.6 Å². The van der Waals surface area contributed by atoms with E-state index in [9.17, 15) is 13.6 Å². The number of hydrogen-bond donors (Lipinski definition) is 1. The number of carbonyl (C=O) groups excluding carboxylic acids is 1. The summed E-state index contributed by atoms with van der Waals surface area (Å²) in [5, 5.41) is 2.74. The highest BCUT2D eigenvalue weighted by Crippen LogP contribution is 2.21. The van der Waals surface area contributed by atoms with Crippen molar-refractivity contribution in [2.75, 3.05) is 36.4 Å². The lowest BCUT2D eigenvalue weighted by Gasteiger charge is -2.38. The van der Waals surface area contributed by atoms with Crippen LogP contribution < -0.4 is 10.2 Å².